The number of hydrogen-bond acceptors (Lipinski definition) is 3. The predicted octanol–water partition coefficient (Wildman–Crippen LogP) is 2.01. The molecule has 2 fully saturated rings. The van der Waals surface area contributed by atoms with Crippen LogP contribution in [0.2, 0.25) is 0 Å². The smallest absolute Gasteiger partial charge is 0.253 e. The zero-order chi connectivity index (χ0) is 14.5. The maximum absolute atomic E-state index is 12.5. The molecule has 4 heteroatoms. The van der Waals surface area contributed by atoms with Crippen molar-refractivity contribution in [1.29, 1.82) is 0 Å². The van der Waals surface area contributed by atoms with Gasteiger partial charge in [-0.3, -0.25) is 9.69 Å². The van der Waals surface area contributed by atoms with Crippen molar-refractivity contribution in [2.24, 2.45) is 0 Å². The van der Waals surface area contributed by atoms with Gasteiger partial charge in [0.2, 0.25) is 0 Å². The van der Waals surface area contributed by atoms with Gasteiger partial charge in [-0.1, -0.05) is 18.2 Å². The van der Waals surface area contributed by atoms with E-state index in [4.69, 9.17) is 4.74 Å². The van der Waals surface area contributed by atoms with E-state index in [9.17, 15) is 4.79 Å². The van der Waals surface area contributed by atoms with E-state index in [0.29, 0.717) is 6.10 Å². The Morgan fingerprint density at radius 2 is 1.95 bits per heavy atom. The summed E-state index contributed by atoms with van der Waals surface area (Å²) in [5.74, 6) is 0.162. The molecule has 2 saturated heterocycles. The molecular weight excluding hydrogens is 264 g/mol. The van der Waals surface area contributed by atoms with Crippen LogP contribution < -0.4 is 0 Å². The van der Waals surface area contributed by atoms with Gasteiger partial charge < -0.3 is 9.64 Å². The number of hydrogen-bond donors (Lipinski definition) is 0. The fourth-order valence-electron chi connectivity index (χ4n) is 3.20. The topological polar surface area (TPSA) is 32.8 Å². The lowest BCUT2D eigenvalue weighted by Crippen LogP contribution is -2.37. The lowest BCUT2D eigenvalue weighted by atomic mass is 10.2. The Morgan fingerprint density at radius 3 is 2.71 bits per heavy atom. The molecule has 1 aromatic carbocycles. The number of benzene rings is 1. The molecule has 0 aromatic heterocycles. The molecule has 0 saturated carbocycles. The summed E-state index contributed by atoms with van der Waals surface area (Å²) in [6.07, 6.45) is 3.83. The van der Waals surface area contributed by atoms with E-state index in [1.54, 1.807) is 0 Å². The van der Waals surface area contributed by atoms with Crippen LogP contribution in [0.25, 0.3) is 0 Å². The number of ether oxygens (including phenoxy) is 1. The quantitative estimate of drug-likeness (QED) is 0.853. The highest BCUT2D eigenvalue weighted by Gasteiger charge is 2.23. The molecule has 2 aliphatic heterocycles. The molecule has 1 aromatic rings. The summed E-state index contributed by atoms with van der Waals surface area (Å²) in [6, 6.07) is 9.60. The molecule has 114 valence electrons. The Kier molecular flexibility index (Phi) is 4.88. The van der Waals surface area contributed by atoms with Gasteiger partial charge in [-0.15, -0.1) is 0 Å². The molecule has 0 N–H and O–H groups in total. The Balaban J connectivity index is 1.54. The minimum absolute atomic E-state index is 0.162. The van der Waals surface area contributed by atoms with Gasteiger partial charge in [0.05, 0.1) is 6.10 Å². The SMILES string of the molecule is O=C(c1ccccc1)N1CCCN(CC2CCCO2)CC1. The molecule has 3 rings (SSSR count). The predicted molar refractivity (Wildman–Crippen MR) is 82.4 cm³/mol. The Bertz CT molecular complexity index is 457. The van der Waals surface area contributed by atoms with Crippen molar-refractivity contribution in [2.75, 3.05) is 39.3 Å². The third-order valence-corrected chi connectivity index (χ3v) is 4.38. The molecule has 0 aliphatic carbocycles. The second-order valence-corrected chi connectivity index (χ2v) is 5.95. The molecule has 1 amide bonds. The van der Waals surface area contributed by atoms with E-state index < -0.39 is 0 Å². The first-order valence-electron chi connectivity index (χ1n) is 8.01. The fraction of sp³-hybridized carbons (Fsp3) is 0.588. The van der Waals surface area contributed by atoms with Crippen molar-refractivity contribution in [2.45, 2.75) is 25.4 Å². The van der Waals surface area contributed by atoms with E-state index in [-0.39, 0.29) is 5.91 Å². The fourth-order valence-corrected chi connectivity index (χ4v) is 3.20. The number of carbonyl (C=O) groups excluding carboxylic acids is 1. The van der Waals surface area contributed by atoms with E-state index in [1.807, 2.05) is 35.2 Å². The monoisotopic (exact) mass is 288 g/mol. The van der Waals surface area contributed by atoms with Crippen molar-refractivity contribution >= 4 is 5.91 Å². The van der Waals surface area contributed by atoms with E-state index >= 15 is 0 Å². The number of rotatable bonds is 3. The van der Waals surface area contributed by atoms with Crippen molar-refractivity contribution in [3.8, 4) is 0 Å². The Morgan fingerprint density at radius 1 is 1.10 bits per heavy atom. The minimum Gasteiger partial charge on any atom is -0.377 e. The Hall–Kier alpha value is -1.39. The van der Waals surface area contributed by atoms with Crippen LogP contribution in [0.15, 0.2) is 30.3 Å². The molecule has 21 heavy (non-hydrogen) atoms. The lowest BCUT2D eigenvalue weighted by molar-refractivity contribution is 0.0704. The largest absolute Gasteiger partial charge is 0.377 e. The Labute approximate surface area is 126 Å². The molecular formula is C17H24N2O2. The van der Waals surface area contributed by atoms with Crippen LogP contribution in [-0.2, 0) is 4.74 Å². The van der Waals surface area contributed by atoms with Crippen molar-refractivity contribution in [3.05, 3.63) is 35.9 Å². The first-order valence-corrected chi connectivity index (χ1v) is 8.01. The van der Waals surface area contributed by atoms with Gasteiger partial charge in [0, 0.05) is 38.3 Å². The van der Waals surface area contributed by atoms with Gasteiger partial charge in [-0.25, -0.2) is 0 Å². The zero-order valence-corrected chi connectivity index (χ0v) is 12.5. The number of amides is 1. The van der Waals surface area contributed by atoms with Crippen LogP contribution in [0.5, 0.6) is 0 Å². The van der Waals surface area contributed by atoms with Gasteiger partial charge in [-0.05, 0) is 37.9 Å². The van der Waals surface area contributed by atoms with Gasteiger partial charge in [0.15, 0.2) is 0 Å². The first kappa shape index (κ1) is 14.5. The van der Waals surface area contributed by atoms with Gasteiger partial charge in [0.1, 0.15) is 0 Å². The molecule has 0 radical (unpaired) electrons. The second kappa shape index (κ2) is 7.05. The summed E-state index contributed by atoms with van der Waals surface area (Å²) in [5, 5.41) is 0. The average molecular weight is 288 g/mol. The summed E-state index contributed by atoms with van der Waals surface area (Å²) >= 11 is 0. The van der Waals surface area contributed by atoms with E-state index in [1.165, 1.54) is 12.8 Å². The summed E-state index contributed by atoms with van der Waals surface area (Å²) in [5.41, 5.74) is 0.796. The van der Waals surface area contributed by atoms with Crippen LogP contribution in [0.1, 0.15) is 29.6 Å². The third-order valence-electron chi connectivity index (χ3n) is 4.38. The van der Waals surface area contributed by atoms with Crippen molar-refractivity contribution < 1.29 is 9.53 Å². The number of nitrogens with zero attached hydrogens (tertiary/aromatic N) is 2. The number of carbonyl (C=O) groups is 1. The summed E-state index contributed by atoms with van der Waals surface area (Å²) in [7, 11) is 0. The molecule has 1 atom stereocenters. The standard InChI is InChI=1S/C17H24N2O2/c20-17(15-6-2-1-3-7-15)19-10-5-9-18(11-12-19)14-16-8-4-13-21-16/h1-3,6-7,16H,4-5,8-14H2. The third kappa shape index (κ3) is 3.83. The first-order chi connectivity index (χ1) is 10.3. The minimum atomic E-state index is 0.162. The van der Waals surface area contributed by atoms with Gasteiger partial charge >= 0.3 is 0 Å². The van der Waals surface area contributed by atoms with Crippen LogP contribution in [-0.4, -0.2) is 61.1 Å². The van der Waals surface area contributed by atoms with Crippen molar-refractivity contribution in [1.82, 2.24) is 9.80 Å². The molecule has 4 nitrogen and oxygen atoms in total. The highest BCUT2D eigenvalue weighted by Crippen LogP contribution is 2.15. The maximum atomic E-state index is 12.5. The van der Waals surface area contributed by atoms with Crippen LogP contribution in [0.4, 0.5) is 0 Å². The maximum Gasteiger partial charge on any atom is 0.253 e. The van der Waals surface area contributed by atoms with E-state index in [2.05, 4.69) is 4.90 Å². The summed E-state index contributed by atoms with van der Waals surface area (Å²) in [4.78, 5) is 16.9. The normalized spacial score (nSPS) is 24.0. The second-order valence-electron chi connectivity index (χ2n) is 5.95. The summed E-state index contributed by atoms with van der Waals surface area (Å²) < 4.78 is 5.72. The van der Waals surface area contributed by atoms with Crippen molar-refractivity contribution in [3.63, 3.8) is 0 Å². The molecule has 0 spiro atoms. The molecule has 2 heterocycles. The lowest BCUT2D eigenvalue weighted by Gasteiger charge is -2.24. The van der Waals surface area contributed by atoms with E-state index in [0.717, 1.165) is 51.3 Å². The molecule has 0 bridgehead atoms. The van der Waals surface area contributed by atoms with Gasteiger partial charge in [0.25, 0.3) is 5.91 Å². The van der Waals surface area contributed by atoms with Crippen LogP contribution in [0, 0.1) is 0 Å². The zero-order valence-electron chi connectivity index (χ0n) is 12.5. The highest BCUT2D eigenvalue weighted by atomic mass is 16.5. The van der Waals surface area contributed by atoms with Gasteiger partial charge in [-0.2, -0.15) is 0 Å². The summed E-state index contributed by atoms with van der Waals surface area (Å²) in [6.45, 7) is 5.64. The van der Waals surface area contributed by atoms with Crippen LogP contribution in [0.3, 0.4) is 0 Å². The van der Waals surface area contributed by atoms with Crippen LogP contribution >= 0.6 is 0 Å². The highest BCUT2D eigenvalue weighted by molar-refractivity contribution is 5.94. The molecule has 2 aliphatic rings. The molecule has 1 unspecified atom stereocenters. The average Bonchev–Trinajstić information content (AvgIpc) is 2.92.